The molecule has 0 heterocycles. The van der Waals surface area contributed by atoms with Gasteiger partial charge in [0.15, 0.2) is 0 Å². The zero-order valence-corrected chi connectivity index (χ0v) is 10.8. The van der Waals surface area contributed by atoms with Gasteiger partial charge < -0.3 is 15.2 Å². The van der Waals surface area contributed by atoms with Crippen molar-refractivity contribution in [3.05, 3.63) is 35.9 Å². The largest absolute Gasteiger partial charge is 0.496 e. The molecule has 1 rings (SSSR count). The van der Waals surface area contributed by atoms with Crippen molar-refractivity contribution < 1.29 is 9.47 Å². The second-order valence-electron chi connectivity index (χ2n) is 4.06. The normalized spacial score (nSPS) is 12.0. The summed E-state index contributed by atoms with van der Waals surface area (Å²) >= 11 is 0. The number of benzene rings is 1. The third-order valence-corrected chi connectivity index (χ3v) is 2.74. The van der Waals surface area contributed by atoms with Crippen LogP contribution in [0.15, 0.2) is 24.8 Å². The van der Waals surface area contributed by atoms with Crippen molar-refractivity contribution in [3.63, 3.8) is 0 Å². The molecule has 0 saturated carbocycles. The summed E-state index contributed by atoms with van der Waals surface area (Å²) in [5.74, 6) is 1.58. The van der Waals surface area contributed by atoms with Crippen LogP contribution in [-0.2, 0) is 0 Å². The zero-order valence-electron chi connectivity index (χ0n) is 10.8. The number of aryl methyl sites for hydroxylation is 1. The number of ether oxygens (including phenoxy) is 2. The number of hydrogen-bond donors (Lipinski definition) is 1. The van der Waals surface area contributed by atoms with Crippen LogP contribution in [0.4, 0.5) is 0 Å². The van der Waals surface area contributed by atoms with Gasteiger partial charge in [0.05, 0.1) is 19.8 Å². The second-order valence-corrected chi connectivity index (χ2v) is 4.06. The summed E-state index contributed by atoms with van der Waals surface area (Å²) in [7, 11) is 3.30. The van der Waals surface area contributed by atoms with Gasteiger partial charge in [-0.05, 0) is 37.5 Å². The summed E-state index contributed by atoms with van der Waals surface area (Å²) in [6.07, 6.45) is 3.58. The number of methoxy groups -OCH3 is 2. The number of rotatable bonds is 6. The van der Waals surface area contributed by atoms with E-state index in [2.05, 4.69) is 6.58 Å². The molecule has 0 fully saturated rings. The van der Waals surface area contributed by atoms with E-state index in [-0.39, 0.29) is 6.04 Å². The molecule has 1 aromatic rings. The lowest BCUT2D eigenvalue weighted by Gasteiger charge is -2.19. The van der Waals surface area contributed by atoms with Crippen molar-refractivity contribution in [1.29, 1.82) is 0 Å². The highest BCUT2D eigenvalue weighted by molar-refractivity contribution is 5.49. The van der Waals surface area contributed by atoms with E-state index in [0.717, 1.165) is 35.5 Å². The van der Waals surface area contributed by atoms with E-state index in [1.807, 2.05) is 25.1 Å². The van der Waals surface area contributed by atoms with Gasteiger partial charge in [-0.2, -0.15) is 0 Å². The maximum atomic E-state index is 6.18. The van der Waals surface area contributed by atoms with Gasteiger partial charge in [0.25, 0.3) is 0 Å². The summed E-state index contributed by atoms with van der Waals surface area (Å²) in [6, 6.07) is 3.86. The molecule has 0 saturated heterocycles. The summed E-state index contributed by atoms with van der Waals surface area (Å²) in [5, 5.41) is 0. The monoisotopic (exact) mass is 235 g/mol. The van der Waals surface area contributed by atoms with Gasteiger partial charge in [0, 0.05) is 6.04 Å². The Kier molecular flexibility index (Phi) is 5.04. The molecule has 0 radical (unpaired) electrons. The van der Waals surface area contributed by atoms with E-state index in [9.17, 15) is 0 Å². The predicted octanol–water partition coefficient (Wildman–Crippen LogP) is 2.98. The van der Waals surface area contributed by atoms with Gasteiger partial charge in [0.1, 0.15) is 11.5 Å². The van der Waals surface area contributed by atoms with Crippen LogP contribution >= 0.6 is 0 Å². The molecule has 0 aliphatic heterocycles. The van der Waals surface area contributed by atoms with Crippen molar-refractivity contribution in [3.8, 4) is 11.5 Å². The third-order valence-electron chi connectivity index (χ3n) is 2.74. The predicted molar refractivity (Wildman–Crippen MR) is 70.6 cm³/mol. The fourth-order valence-electron chi connectivity index (χ4n) is 1.88. The summed E-state index contributed by atoms with van der Waals surface area (Å²) in [4.78, 5) is 0. The van der Waals surface area contributed by atoms with Gasteiger partial charge >= 0.3 is 0 Å². The molecular formula is C14H21NO2. The van der Waals surface area contributed by atoms with E-state index in [1.54, 1.807) is 14.2 Å². The van der Waals surface area contributed by atoms with Crippen LogP contribution in [0.25, 0.3) is 0 Å². The molecule has 1 aromatic carbocycles. The van der Waals surface area contributed by atoms with Crippen LogP contribution in [0.5, 0.6) is 11.5 Å². The summed E-state index contributed by atoms with van der Waals surface area (Å²) in [6.45, 7) is 5.71. The fourth-order valence-corrected chi connectivity index (χ4v) is 1.88. The average molecular weight is 235 g/mol. The molecule has 0 aliphatic rings. The van der Waals surface area contributed by atoms with Gasteiger partial charge in [-0.25, -0.2) is 0 Å². The Labute approximate surface area is 103 Å². The minimum atomic E-state index is -0.0986. The molecule has 0 aromatic heterocycles. The van der Waals surface area contributed by atoms with E-state index < -0.39 is 0 Å². The van der Waals surface area contributed by atoms with Crippen molar-refractivity contribution in [2.45, 2.75) is 25.8 Å². The fraction of sp³-hybridized carbons (Fsp3) is 0.429. The first-order valence-electron chi connectivity index (χ1n) is 5.73. The third kappa shape index (κ3) is 3.24. The van der Waals surface area contributed by atoms with Crippen LogP contribution in [0.2, 0.25) is 0 Å². The number of hydrogen-bond acceptors (Lipinski definition) is 3. The zero-order chi connectivity index (χ0) is 12.8. The van der Waals surface area contributed by atoms with Crippen LogP contribution in [0.3, 0.4) is 0 Å². The quantitative estimate of drug-likeness (QED) is 0.771. The minimum absolute atomic E-state index is 0.0986. The molecule has 94 valence electrons. The highest BCUT2D eigenvalue weighted by atomic mass is 16.5. The molecule has 0 spiro atoms. The van der Waals surface area contributed by atoms with Crippen molar-refractivity contribution in [1.82, 2.24) is 0 Å². The first kappa shape index (κ1) is 13.6. The number of nitrogens with two attached hydrogens (primary N) is 1. The SMILES string of the molecule is C=CCC[C@@H](N)c1c(OC)cc(C)cc1OC. The summed E-state index contributed by atoms with van der Waals surface area (Å²) in [5.41, 5.74) is 8.20. The maximum Gasteiger partial charge on any atom is 0.127 e. The minimum Gasteiger partial charge on any atom is -0.496 e. The highest BCUT2D eigenvalue weighted by Crippen LogP contribution is 2.36. The van der Waals surface area contributed by atoms with Crippen LogP contribution in [0, 0.1) is 6.92 Å². The second kappa shape index (κ2) is 6.30. The number of allylic oxidation sites excluding steroid dienone is 1. The van der Waals surface area contributed by atoms with Gasteiger partial charge in [-0.15, -0.1) is 6.58 Å². The standard InChI is InChI=1S/C14H21NO2/c1-5-6-7-11(15)14-12(16-3)8-10(2)9-13(14)17-4/h5,8-9,11H,1,6-7,15H2,2-4H3/t11-/m1/s1. The highest BCUT2D eigenvalue weighted by Gasteiger charge is 2.17. The lowest BCUT2D eigenvalue weighted by Crippen LogP contribution is -2.13. The van der Waals surface area contributed by atoms with Gasteiger partial charge in [-0.3, -0.25) is 0 Å². The molecule has 3 nitrogen and oxygen atoms in total. The first-order valence-corrected chi connectivity index (χ1v) is 5.73. The Morgan fingerprint density at radius 3 is 2.24 bits per heavy atom. The first-order chi connectivity index (χ1) is 8.13. The van der Waals surface area contributed by atoms with E-state index >= 15 is 0 Å². The molecule has 2 N–H and O–H groups in total. The molecule has 0 unspecified atom stereocenters. The van der Waals surface area contributed by atoms with Crippen molar-refractivity contribution >= 4 is 0 Å². The molecule has 1 atom stereocenters. The summed E-state index contributed by atoms with van der Waals surface area (Å²) < 4.78 is 10.8. The van der Waals surface area contributed by atoms with Crippen LogP contribution < -0.4 is 15.2 Å². The van der Waals surface area contributed by atoms with E-state index in [4.69, 9.17) is 15.2 Å². The van der Waals surface area contributed by atoms with E-state index in [1.165, 1.54) is 0 Å². The molecule has 0 aliphatic carbocycles. The lowest BCUT2D eigenvalue weighted by molar-refractivity contribution is 0.376. The maximum absolute atomic E-state index is 6.18. The van der Waals surface area contributed by atoms with Crippen molar-refractivity contribution in [2.24, 2.45) is 5.73 Å². The molecular weight excluding hydrogens is 214 g/mol. The lowest BCUT2D eigenvalue weighted by atomic mass is 9.99. The van der Waals surface area contributed by atoms with Crippen LogP contribution in [-0.4, -0.2) is 14.2 Å². The van der Waals surface area contributed by atoms with E-state index in [0.29, 0.717) is 0 Å². The average Bonchev–Trinajstić information content (AvgIpc) is 2.34. The Morgan fingerprint density at radius 2 is 1.82 bits per heavy atom. The van der Waals surface area contributed by atoms with Gasteiger partial charge in [0.2, 0.25) is 0 Å². The smallest absolute Gasteiger partial charge is 0.127 e. The Balaban J connectivity index is 3.13. The Hall–Kier alpha value is -1.48. The molecule has 17 heavy (non-hydrogen) atoms. The van der Waals surface area contributed by atoms with Crippen LogP contribution in [0.1, 0.15) is 30.0 Å². The molecule has 3 heteroatoms. The molecule has 0 amide bonds. The Bertz CT molecular complexity index is 363. The topological polar surface area (TPSA) is 44.5 Å². The van der Waals surface area contributed by atoms with Crippen molar-refractivity contribution in [2.75, 3.05) is 14.2 Å². The Morgan fingerprint density at radius 1 is 1.29 bits per heavy atom. The van der Waals surface area contributed by atoms with Gasteiger partial charge in [-0.1, -0.05) is 6.08 Å². The molecule has 0 bridgehead atoms.